The van der Waals surface area contributed by atoms with E-state index >= 15 is 0 Å². The number of aryl methyl sites for hydroxylation is 1. The van der Waals surface area contributed by atoms with E-state index in [0.717, 1.165) is 0 Å². The molecule has 0 aliphatic carbocycles. The lowest BCUT2D eigenvalue weighted by molar-refractivity contribution is -0.140. The molecule has 0 saturated carbocycles. The van der Waals surface area contributed by atoms with E-state index in [4.69, 9.17) is 18.6 Å². The second-order valence-corrected chi connectivity index (χ2v) is 6.40. The van der Waals surface area contributed by atoms with Gasteiger partial charge in [0.05, 0.1) is 12.6 Å². The standard InChI is InChI=1S/C19H19NO6/c1-12-8-14(9-18(21)24-12)25-13-6-7-20(10-13)19(22)17-11-23-15-4-2-3-5-16(15)26-17/h2-5,8-9,13,17H,6-7,10-11H2,1H3. The van der Waals surface area contributed by atoms with Gasteiger partial charge in [-0.2, -0.15) is 0 Å². The molecule has 1 fully saturated rings. The maximum atomic E-state index is 12.7. The van der Waals surface area contributed by atoms with Crippen LogP contribution in [-0.4, -0.2) is 42.7 Å². The van der Waals surface area contributed by atoms with Crippen molar-refractivity contribution in [3.8, 4) is 17.2 Å². The van der Waals surface area contributed by atoms with Crippen LogP contribution in [0, 0.1) is 6.92 Å². The molecular formula is C19H19NO6. The SMILES string of the molecule is Cc1cc(OC2CCN(C(=O)C3COc4ccccc4O3)C2)cc(=O)o1. The maximum absolute atomic E-state index is 12.7. The Labute approximate surface area is 150 Å². The van der Waals surface area contributed by atoms with Crippen molar-refractivity contribution >= 4 is 5.91 Å². The molecule has 2 atom stereocenters. The predicted octanol–water partition coefficient (Wildman–Crippen LogP) is 1.77. The molecule has 0 N–H and O–H groups in total. The van der Waals surface area contributed by atoms with Crippen LogP contribution in [0.5, 0.6) is 17.2 Å². The largest absolute Gasteiger partial charge is 0.488 e. The highest BCUT2D eigenvalue weighted by atomic mass is 16.6. The average Bonchev–Trinajstić information content (AvgIpc) is 3.08. The molecule has 1 aromatic heterocycles. The van der Waals surface area contributed by atoms with Crippen LogP contribution in [0.1, 0.15) is 12.2 Å². The summed E-state index contributed by atoms with van der Waals surface area (Å²) in [5.41, 5.74) is -0.447. The first kappa shape index (κ1) is 16.5. The van der Waals surface area contributed by atoms with Gasteiger partial charge < -0.3 is 23.5 Å². The number of fused-ring (bicyclic) bond motifs is 1. The normalized spacial score (nSPS) is 21.5. The lowest BCUT2D eigenvalue weighted by Gasteiger charge is -2.28. The molecule has 2 aliphatic rings. The molecule has 1 saturated heterocycles. The maximum Gasteiger partial charge on any atom is 0.339 e. The molecule has 136 valence electrons. The molecule has 4 rings (SSSR count). The molecule has 0 radical (unpaired) electrons. The molecule has 1 aromatic carbocycles. The molecule has 26 heavy (non-hydrogen) atoms. The Morgan fingerprint density at radius 3 is 2.85 bits per heavy atom. The van der Waals surface area contributed by atoms with Gasteiger partial charge in [0, 0.05) is 19.0 Å². The monoisotopic (exact) mass is 357 g/mol. The Hall–Kier alpha value is -2.96. The van der Waals surface area contributed by atoms with Crippen molar-refractivity contribution < 1.29 is 23.4 Å². The van der Waals surface area contributed by atoms with Crippen LogP contribution in [0.25, 0.3) is 0 Å². The summed E-state index contributed by atoms with van der Waals surface area (Å²) in [4.78, 5) is 25.9. The van der Waals surface area contributed by atoms with Gasteiger partial charge in [-0.25, -0.2) is 4.79 Å². The second kappa shape index (κ2) is 6.74. The fraction of sp³-hybridized carbons (Fsp3) is 0.368. The minimum Gasteiger partial charge on any atom is -0.488 e. The summed E-state index contributed by atoms with van der Waals surface area (Å²) >= 11 is 0. The summed E-state index contributed by atoms with van der Waals surface area (Å²) in [6.45, 7) is 2.90. The van der Waals surface area contributed by atoms with E-state index in [0.29, 0.717) is 42.5 Å². The summed E-state index contributed by atoms with van der Waals surface area (Å²) in [6, 6.07) is 10.3. The predicted molar refractivity (Wildman–Crippen MR) is 91.7 cm³/mol. The van der Waals surface area contributed by atoms with Gasteiger partial charge in [0.15, 0.2) is 11.5 Å². The molecule has 7 heteroatoms. The summed E-state index contributed by atoms with van der Waals surface area (Å²) in [7, 11) is 0. The third-order valence-electron chi connectivity index (χ3n) is 4.41. The van der Waals surface area contributed by atoms with E-state index in [1.54, 1.807) is 24.0 Å². The summed E-state index contributed by atoms with van der Waals surface area (Å²) < 4.78 is 22.2. The Morgan fingerprint density at radius 1 is 1.23 bits per heavy atom. The van der Waals surface area contributed by atoms with Gasteiger partial charge in [0.25, 0.3) is 5.91 Å². The second-order valence-electron chi connectivity index (χ2n) is 6.40. The molecule has 2 aliphatic heterocycles. The molecule has 2 unspecified atom stereocenters. The Balaban J connectivity index is 1.38. The number of hydrogen-bond donors (Lipinski definition) is 0. The van der Waals surface area contributed by atoms with Crippen LogP contribution < -0.4 is 19.8 Å². The zero-order valence-corrected chi connectivity index (χ0v) is 14.3. The van der Waals surface area contributed by atoms with Crippen LogP contribution >= 0.6 is 0 Å². The number of benzene rings is 1. The number of para-hydroxylation sites is 2. The average molecular weight is 357 g/mol. The molecule has 0 bridgehead atoms. The van der Waals surface area contributed by atoms with Crippen LogP contribution in [0.4, 0.5) is 0 Å². The number of likely N-dealkylation sites (tertiary alicyclic amines) is 1. The fourth-order valence-electron chi connectivity index (χ4n) is 3.21. The number of ether oxygens (including phenoxy) is 3. The van der Waals surface area contributed by atoms with E-state index in [2.05, 4.69) is 0 Å². The molecular weight excluding hydrogens is 338 g/mol. The number of carbonyl (C=O) groups excluding carboxylic acids is 1. The quantitative estimate of drug-likeness (QED) is 0.833. The summed E-state index contributed by atoms with van der Waals surface area (Å²) in [5, 5.41) is 0. The third kappa shape index (κ3) is 3.37. The van der Waals surface area contributed by atoms with Crippen molar-refractivity contribution in [2.24, 2.45) is 0 Å². The number of rotatable bonds is 3. The van der Waals surface area contributed by atoms with Crippen molar-refractivity contribution in [3.63, 3.8) is 0 Å². The van der Waals surface area contributed by atoms with Crippen molar-refractivity contribution in [2.45, 2.75) is 25.6 Å². The van der Waals surface area contributed by atoms with Crippen molar-refractivity contribution in [1.29, 1.82) is 0 Å². The van der Waals surface area contributed by atoms with E-state index in [1.165, 1.54) is 6.07 Å². The fourth-order valence-corrected chi connectivity index (χ4v) is 3.21. The smallest absolute Gasteiger partial charge is 0.339 e. The Kier molecular flexibility index (Phi) is 4.28. The third-order valence-corrected chi connectivity index (χ3v) is 4.41. The van der Waals surface area contributed by atoms with Crippen LogP contribution in [0.3, 0.4) is 0 Å². The Morgan fingerprint density at radius 2 is 2.04 bits per heavy atom. The van der Waals surface area contributed by atoms with E-state index in [1.807, 2.05) is 18.2 Å². The van der Waals surface area contributed by atoms with Gasteiger partial charge in [-0.05, 0) is 19.1 Å². The van der Waals surface area contributed by atoms with Crippen LogP contribution in [0.15, 0.2) is 45.6 Å². The molecule has 2 aromatic rings. The highest BCUT2D eigenvalue weighted by molar-refractivity contribution is 5.82. The summed E-state index contributed by atoms with van der Waals surface area (Å²) in [5.74, 6) is 2.07. The van der Waals surface area contributed by atoms with E-state index in [9.17, 15) is 9.59 Å². The number of amides is 1. The zero-order valence-electron chi connectivity index (χ0n) is 14.3. The highest BCUT2D eigenvalue weighted by Crippen LogP contribution is 2.31. The minimum absolute atomic E-state index is 0.116. The van der Waals surface area contributed by atoms with E-state index in [-0.39, 0.29) is 18.6 Å². The molecule has 3 heterocycles. The lowest BCUT2D eigenvalue weighted by Crippen LogP contribution is -2.46. The first-order chi connectivity index (χ1) is 12.6. The van der Waals surface area contributed by atoms with Gasteiger partial charge in [-0.15, -0.1) is 0 Å². The highest BCUT2D eigenvalue weighted by Gasteiger charge is 2.35. The number of nitrogens with zero attached hydrogens (tertiary/aromatic N) is 1. The van der Waals surface area contributed by atoms with Crippen molar-refractivity contribution in [3.05, 3.63) is 52.6 Å². The molecule has 7 nitrogen and oxygen atoms in total. The van der Waals surface area contributed by atoms with Gasteiger partial charge in [-0.1, -0.05) is 12.1 Å². The first-order valence-electron chi connectivity index (χ1n) is 8.54. The molecule has 0 spiro atoms. The number of carbonyl (C=O) groups is 1. The van der Waals surface area contributed by atoms with Crippen molar-refractivity contribution in [1.82, 2.24) is 4.90 Å². The topological polar surface area (TPSA) is 78.2 Å². The summed E-state index contributed by atoms with van der Waals surface area (Å²) in [6.07, 6.45) is -0.138. The first-order valence-corrected chi connectivity index (χ1v) is 8.54. The van der Waals surface area contributed by atoms with Gasteiger partial charge in [0.2, 0.25) is 6.10 Å². The van der Waals surface area contributed by atoms with Crippen LogP contribution in [0.2, 0.25) is 0 Å². The Bertz CT molecular complexity index is 876. The minimum atomic E-state index is -0.658. The van der Waals surface area contributed by atoms with E-state index < -0.39 is 11.7 Å². The lowest BCUT2D eigenvalue weighted by atomic mass is 10.2. The zero-order chi connectivity index (χ0) is 18.1. The molecule has 1 amide bonds. The van der Waals surface area contributed by atoms with Gasteiger partial charge in [0.1, 0.15) is 24.2 Å². The van der Waals surface area contributed by atoms with Crippen LogP contribution in [-0.2, 0) is 4.79 Å². The number of hydrogen-bond acceptors (Lipinski definition) is 6. The van der Waals surface area contributed by atoms with Gasteiger partial charge in [-0.3, -0.25) is 4.79 Å². The van der Waals surface area contributed by atoms with Crippen molar-refractivity contribution in [2.75, 3.05) is 19.7 Å². The van der Waals surface area contributed by atoms with Gasteiger partial charge >= 0.3 is 5.63 Å².